The Bertz CT molecular complexity index is 113. The summed E-state index contributed by atoms with van der Waals surface area (Å²) in [5, 5.41) is 0. The van der Waals surface area contributed by atoms with Gasteiger partial charge in [-0.2, -0.15) is 0 Å². The number of alkyl halides is 2. The van der Waals surface area contributed by atoms with Gasteiger partial charge in [-0.15, -0.1) is 11.6 Å². The third kappa shape index (κ3) is 12.8. The molecule has 78 valence electrons. The topological polar surface area (TPSA) is 0 Å². The molecule has 0 atom stereocenters. The molecule has 0 spiro atoms. The van der Waals surface area contributed by atoms with E-state index in [0.29, 0.717) is 0 Å². The molecular formula is C11H20ClI. The van der Waals surface area contributed by atoms with Crippen LogP contribution in [0.5, 0.6) is 0 Å². The molecule has 0 N–H and O–H groups in total. The maximum Gasteiger partial charge on any atom is 0.0223 e. The number of hydrogen-bond acceptors (Lipinski definition) is 0. The number of allylic oxidation sites excluding steroid dienone is 2. The Balaban J connectivity index is 2.87. The predicted octanol–water partition coefficient (Wildman–Crippen LogP) is 4.95. The number of rotatable bonds is 9. The lowest BCUT2D eigenvalue weighted by Gasteiger charge is -1.98. The van der Waals surface area contributed by atoms with Crippen molar-refractivity contribution < 1.29 is 0 Å². The molecule has 0 aliphatic rings. The summed E-state index contributed by atoms with van der Waals surface area (Å²) in [5.41, 5.74) is 0. The van der Waals surface area contributed by atoms with Crippen LogP contribution in [-0.4, -0.2) is 10.3 Å². The zero-order chi connectivity index (χ0) is 9.78. The number of hydrogen-bond donors (Lipinski definition) is 0. The first-order valence-electron chi connectivity index (χ1n) is 5.18. The van der Waals surface area contributed by atoms with Crippen molar-refractivity contribution in [1.82, 2.24) is 0 Å². The van der Waals surface area contributed by atoms with Crippen LogP contribution < -0.4 is 0 Å². The number of unbranched alkanes of at least 4 members (excludes halogenated alkanes) is 6. The smallest absolute Gasteiger partial charge is 0.0223 e. The first-order chi connectivity index (χ1) is 6.41. The third-order valence-electron chi connectivity index (χ3n) is 2.01. The second-order valence-corrected chi connectivity index (χ2v) is 4.48. The van der Waals surface area contributed by atoms with E-state index in [0.717, 1.165) is 10.3 Å². The monoisotopic (exact) mass is 314 g/mol. The van der Waals surface area contributed by atoms with Crippen molar-refractivity contribution in [2.45, 2.75) is 44.9 Å². The van der Waals surface area contributed by atoms with Gasteiger partial charge in [-0.1, -0.05) is 60.4 Å². The highest BCUT2D eigenvalue weighted by Gasteiger charge is 1.89. The van der Waals surface area contributed by atoms with Gasteiger partial charge in [0.15, 0.2) is 0 Å². The maximum absolute atomic E-state index is 5.59. The largest absolute Gasteiger partial charge is 0.127 e. The summed E-state index contributed by atoms with van der Waals surface area (Å²) in [5.74, 6) is 0.832. The summed E-state index contributed by atoms with van der Waals surface area (Å²) in [6, 6.07) is 0. The van der Waals surface area contributed by atoms with Crippen molar-refractivity contribution in [3.05, 3.63) is 12.2 Å². The van der Waals surface area contributed by atoms with Crippen molar-refractivity contribution >= 4 is 34.2 Å². The normalized spacial score (nSPS) is 11.2. The highest BCUT2D eigenvalue weighted by atomic mass is 127. The summed E-state index contributed by atoms with van der Waals surface area (Å²) < 4.78 is 1.15. The summed E-state index contributed by atoms with van der Waals surface area (Å²) in [6.45, 7) is 0. The van der Waals surface area contributed by atoms with Crippen LogP contribution in [0.25, 0.3) is 0 Å². The molecule has 0 aliphatic heterocycles. The highest BCUT2D eigenvalue weighted by Crippen LogP contribution is 2.07. The van der Waals surface area contributed by atoms with E-state index < -0.39 is 0 Å². The van der Waals surface area contributed by atoms with Crippen LogP contribution in [0.15, 0.2) is 12.2 Å². The van der Waals surface area contributed by atoms with Crippen LogP contribution in [0.1, 0.15) is 44.9 Å². The molecule has 0 nitrogen and oxygen atoms in total. The van der Waals surface area contributed by atoms with E-state index in [2.05, 4.69) is 34.7 Å². The molecule has 0 fully saturated rings. The van der Waals surface area contributed by atoms with Crippen LogP contribution in [0.2, 0.25) is 0 Å². The first-order valence-corrected chi connectivity index (χ1v) is 7.24. The molecule has 0 aromatic carbocycles. The molecule has 0 aliphatic carbocycles. The average molecular weight is 315 g/mol. The van der Waals surface area contributed by atoms with Gasteiger partial charge < -0.3 is 0 Å². The van der Waals surface area contributed by atoms with Gasteiger partial charge in [0.05, 0.1) is 0 Å². The van der Waals surface area contributed by atoms with Gasteiger partial charge in [0, 0.05) is 10.3 Å². The number of halogens is 2. The molecule has 0 saturated heterocycles. The van der Waals surface area contributed by atoms with Gasteiger partial charge in [0.25, 0.3) is 0 Å². The van der Waals surface area contributed by atoms with E-state index in [-0.39, 0.29) is 0 Å². The van der Waals surface area contributed by atoms with Crippen LogP contribution in [0, 0.1) is 0 Å². The van der Waals surface area contributed by atoms with E-state index in [9.17, 15) is 0 Å². The SMILES string of the molecule is ClCCCCCCCCC=CCI. The average Bonchev–Trinajstić information content (AvgIpc) is 2.16. The maximum atomic E-state index is 5.59. The van der Waals surface area contributed by atoms with Gasteiger partial charge in [0.2, 0.25) is 0 Å². The lowest BCUT2D eigenvalue weighted by molar-refractivity contribution is 0.612. The van der Waals surface area contributed by atoms with Crippen molar-refractivity contribution in [2.75, 3.05) is 10.3 Å². The van der Waals surface area contributed by atoms with Crippen LogP contribution in [-0.2, 0) is 0 Å². The molecule has 2 heteroatoms. The molecule has 13 heavy (non-hydrogen) atoms. The lowest BCUT2D eigenvalue weighted by Crippen LogP contribution is -1.80. The lowest BCUT2D eigenvalue weighted by atomic mass is 10.1. The molecule has 0 aromatic heterocycles. The Kier molecular flexibility index (Phi) is 13.5. The van der Waals surface area contributed by atoms with Crippen molar-refractivity contribution in [3.8, 4) is 0 Å². The van der Waals surface area contributed by atoms with Gasteiger partial charge in [0.1, 0.15) is 0 Å². The van der Waals surface area contributed by atoms with Gasteiger partial charge in [-0.05, 0) is 19.3 Å². The van der Waals surface area contributed by atoms with E-state index in [1.807, 2.05) is 0 Å². The Labute approximate surface area is 101 Å². The summed E-state index contributed by atoms with van der Waals surface area (Å²) in [7, 11) is 0. The minimum Gasteiger partial charge on any atom is -0.127 e. The fraction of sp³-hybridized carbons (Fsp3) is 0.818. The summed E-state index contributed by atoms with van der Waals surface area (Å²) in [6.07, 6.45) is 13.8. The van der Waals surface area contributed by atoms with Crippen molar-refractivity contribution in [1.29, 1.82) is 0 Å². The van der Waals surface area contributed by atoms with Crippen molar-refractivity contribution in [3.63, 3.8) is 0 Å². The first kappa shape index (κ1) is 13.8. The Morgan fingerprint density at radius 3 is 2.08 bits per heavy atom. The second-order valence-electron chi connectivity index (χ2n) is 3.22. The van der Waals surface area contributed by atoms with Crippen LogP contribution >= 0.6 is 34.2 Å². The summed E-state index contributed by atoms with van der Waals surface area (Å²) in [4.78, 5) is 0. The molecular weight excluding hydrogens is 294 g/mol. The van der Waals surface area contributed by atoms with Gasteiger partial charge in [-0.3, -0.25) is 0 Å². The molecule has 0 amide bonds. The quantitative estimate of drug-likeness (QED) is 0.244. The molecule has 0 aromatic rings. The zero-order valence-electron chi connectivity index (χ0n) is 8.27. The predicted molar refractivity (Wildman–Crippen MR) is 71.1 cm³/mol. The molecule has 0 rings (SSSR count). The molecule has 0 saturated carbocycles. The van der Waals surface area contributed by atoms with E-state index >= 15 is 0 Å². The standard InChI is InChI=1S/C11H20ClI/c12-10-8-6-4-2-1-3-5-7-9-11-13/h7,9H,1-6,8,10-11H2. The molecule has 0 unspecified atom stereocenters. The fourth-order valence-corrected chi connectivity index (χ4v) is 1.79. The molecule has 0 bridgehead atoms. The molecule has 0 radical (unpaired) electrons. The minimum atomic E-state index is 0.832. The second kappa shape index (κ2) is 12.8. The van der Waals surface area contributed by atoms with Crippen molar-refractivity contribution in [2.24, 2.45) is 0 Å². The van der Waals surface area contributed by atoms with E-state index in [1.54, 1.807) is 0 Å². The summed E-state index contributed by atoms with van der Waals surface area (Å²) >= 11 is 7.96. The van der Waals surface area contributed by atoms with Gasteiger partial charge >= 0.3 is 0 Å². The molecule has 0 heterocycles. The van der Waals surface area contributed by atoms with Gasteiger partial charge in [-0.25, -0.2) is 0 Å². The third-order valence-corrected chi connectivity index (χ3v) is 2.79. The highest BCUT2D eigenvalue weighted by molar-refractivity contribution is 14.1. The Hall–Kier alpha value is 0.760. The Morgan fingerprint density at radius 1 is 0.846 bits per heavy atom. The van der Waals surface area contributed by atoms with E-state index in [4.69, 9.17) is 11.6 Å². The van der Waals surface area contributed by atoms with Crippen LogP contribution in [0.4, 0.5) is 0 Å². The Morgan fingerprint density at radius 2 is 1.46 bits per heavy atom. The zero-order valence-corrected chi connectivity index (χ0v) is 11.2. The fourth-order valence-electron chi connectivity index (χ4n) is 1.24. The van der Waals surface area contributed by atoms with Crippen LogP contribution in [0.3, 0.4) is 0 Å². The minimum absolute atomic E-state index is 0.832. The van der Waals surface area contributed by atoms with E-state index in [1.165, 1.54) is 44.9 Å².